The Bertz CT molecular complexity index is 367. The number of aliphatic hydroxyl groups is 1. The molecular weight excluding hydrogens is 204 g/mol. The fraction of sp³-hybridized carbons (Fsp3) is 0.500. The van der Waals surface area contributed by atoms with Crippen molar-refractivity contribution in [2.75, 3.05) is 13.1 Å². The fourth-order valence-electron chi connectivity index (χ4n) is 1.97. The summed E-state index contributed by atoms with van der Waals surface area (Å²) >= 11 is 0. The van der Waals surface area contributed by atoms with Crippen LogP contribution in [0.1, 0.15) is 25.0 Å². The summed E-state index contributed by atoms with van der Waals surface area (Å²) in [6, 6.07) is 5.57. The van der Waals surface area contributed by atoms with E-state index in [4.69, 9.17) is 0 Å². The molecule has 0 saturated carbocycles. The molecule has 16 heavy (non-hydrogen) atoms. The molecule has 2 rings (SSSR count). The third-order valence-electron chi connectivity index (χ3n) is 2.98. The van der Waals surface area contributed by atoms with E-state index in [-0.39, 0.29) is 17.9 Å². The van der Waals surface area contributed by atoms with Crippen LogP contribution in [-0.4, -0.2) is 40.1 Å². The summed E-state index contributed by atoms with van der Waals surface area (Å²) in [6.45, 7) is 2.96. The van der Waals surface area contributed by atoms with Crippen LogP contribution in [-0.2, 0) is 4.79 Å². The van der Waals surface area contributed by atoms with Crippen LogP contribution in [0, 0.1) is 0 Å². The van der Waals surface area contributed by atoms with Gasteiger partial charge in [-0.25, -0.2) is 0 Å². The van der Waals surface area contributed by atoms with E-state index in [2.05, 4.69) is 4.98 Å². The minimum absolute atomic E-state index is 0.0512. The largest absolute Gasteiger partial charge is 0.391 e. The Morgan fingerprint density at radius 2 is 2.44 bits per heavy atom. The van der Waals surface area contributed by atoms with E-state index in [0.29, 0.717) is 19.5 Å². The average Bonchev–Trinajstić information content (AvgIpc) is 2.75. The normalized spacial score (nSPS) is 22.1. The first-order chi connectivity index (χ1) is 7.68. The van der Waals surface area contributed by atoms with Crippen molar-refractivity contribution in [2.45, 2.75) is 25.4 Å². The maximum atomic E-state index is 12.1. The number of likely N-dealkylation sites (tertiary alicyclic amines) is 1. The molecule has 1 saturated heterocycles. The molecule has 1 unspecified atom stereocenters. The van der Waals surface area contributed by atoms with Gasteiger partial charge in [-0.05, 0) is 25.5 Å². The predicted octanol–water partition coefficient (Wildman–Crippen LogP) is 0.778. The molecule has 4 heteroatoms. The van der Waals surface area contributed by atoms with Gasteiger partial charge in [-0.2, -0.15) is 0 Å². The summed E-state index contributed by atoms with van der Waals surface area (Å²) in [5.74, 6) is -0.179. The smallest absolute Gasteiger partial charge is 0.231 e. The molecule has 1 aliphatic rings. The number of rotatable bonds is 2. The average molecular weight is 220 g/mol. The maximum Gasteiger partial charge on any atom is 0.231 e. The molecule has 0 aromatic carbocycles. The topological polar surface area (TPSA) is 53.4 Å². The predicted molar refractivity (Wildman–Crippen MR) is 59.9 cm³/mol. The maximum absolute atomic E-state index is 12.1. The SMILES string of the molecule is CC(C(=O)N1CC[C@@H](O)C1)c1ccccn1. The lowest BCUT2D eigenvalue weighted by molar-refractivity contribution is -0.131. The molecule has 1 fully saturated rings. The van der Waals surface area contributed by atoms with Crippen LogP contribution < -0.4 is 0 Å². The van der Waals surface area contributed by atoms with E-state index < -0.39 is 0 Å². The number of hydrogen-bond donors (Lipinski definition) is 1. The molecule has 1 aromatic heterocycles. The van der Waals surface area contributed by atoms with Crippen molar-refractivity contribution in [3.8, 4) is 0 Å². The summed E-state index contributed by atoms with van der Waals surface area (Å²) < 4.78 is 0. The molecule has 2 atom stereocenters. The van der Waals surface area contributed by atoms with Crippen molar-refractivity contribution in [3.63, 3.8) is 0 Å². The van der Waals surface area contributed by atoms with E-state index in [0.717, 1.165) is 5.69 Å². The molecule has 1 N–H and O–H groups in total. The number of aliphatic hydroxyl groups excluding tert-OH is 1. The molecule has 0 bridgehead atoms. The summed E-state index contributed by atoms with van der Waals surface area (Å²) in [6.07, 6.45) is 2.01. The van der Waals surface area contributed by atoms with E-state index in [1.165, 1.54) is 0 Å². The van der Waals surface area contributed by atoms with Gasteiger partial charge in [0, 0.05) is 19.3 Å². The number of carbonyl (C=O) groups excluding carboxylic acids is 1. The summed E-state index contributed by atoms with van der Waals surface area (Å²) in [7, 11) is 0. The van der Waals surface area contributed by atoms with Crippen molar-refractivity contribution >= 4 is 5.91 Å². The van der Waals surface area contributed by atoms with Crippen molar-refractivity contribution in [1.29, 1.82) is 0 Å². The second kappa shape index (κ2) is 4.61. The van der Waals surface area contributed by atoms with Gasteiger partial charge >= 0.3 is 0 Å². The zero-order valence-corrected chi connectivity index (χ0v) is 9.34. The molecular formula is C12H16N2O2. The highest BCUT2D eigenvalue weighted by Gasteiger charge is 2.28. The van der Waals surface area contributed by atoms with Crippen LogP contribution in [0.5, 0.6) is 0 Å². The number of hydrogen-bond acceptors (Lipinski definition) is 3. The number of amides is 1. The number of pyridine rings is 1. The molecule has 0 spiro atoms. The van der Waals surface area contributed by atoms with Crippen molar-refractivity contribution < 1.29 is 9.90 Å². The van der Waals surface area contributed by atoms with Gasteiger partial charge in [-0.1, -0.05) is 6.07 Å². The number of β-amino-alcohol motifs (C(OH)–C–C–N with tert-alkyl or cyclic N) is 1. The Balaban J connectivity index is 2.05. The first-order valence-corrected chi connectivity index (χ1v) is 5.56. The van der Waals surface area contributed by atoms with E-state index >= 15 is 0 Å². The van der Waals surface area contributed by atoms with E-state index in [9.17, 15) is 9.90 Å². The van der Waals surface area contributed by atoms with Crippen LogP contribution in [0.15, 0.2) is 24.4 Å². The van der Waals surface area contributed by atoms with Crippen LogP contribution in [0.25, 0.3) is 0 Å². The summed E-state index contributed by atoms with van der Waals surface area (Å²) in [5, 5.41) is 9.39. The van der Waals surface area contributed by atoms with Crippen LogP contribution in [0.4, 0.5) is 0 Å². The Kier molecular flexibility index (Phi) is 3.19. The van der Waals surface area contributed by atoms with Crippen molar-refractivity contribution in [3.05, 3.63) is 30.1 Å². The van der Waals surface area contributed by atoms with E-state index in [1.54, 1.807) is 11.1 Å². The first-order valence-electron chi connectivity index (χ1n) is 5.56. The second-order valence-corrected chi connectivity index (χ2v) is 4.20. The second-order valence-electron chi connectivity index (χ2n) is 4.20. The summed E-state index contributed by atoms with van der Waals surface area (Å²) in [4.78, 5) is 18.0. The standard InChI is InChI=1S/C12H16N2O2/c1-9(11-4-2-3-6-13-11)12(16)14-7-5-10(15)8-14/h2-4,6,9-10,15H,5,7-8H2,1H3/t9?,10-/m1/s1. The third-order valence-corrected chi connectivity index (χ3v) is 2.98. The minimum Gasteiger partial charge on any atom is -0.391 e. The molecule has 1 aliphatic heterocycles. The zero-order valence-electron chi connectivity index (χ0n) is 9.34. The quantitative estimate of drug-likeness (QED) is 0.801. The molecule has 86 valence electrons. The molecule has 4 nitrogen and oxygen atoms in total. The highest BCUT2D eigenvalue weighted by atomic mass is 16.3. The highest BCUT2D eigenvalue weighted by molar-refractivity contribution is 5.83. The van der Waals surface area contributed by atoms with E-state index in [1.807, 2.05) is 25.1 Å². The highest BCUT2D eigenvalue weighted by Crippen LogP contribution is 2.19. The van der Waals surface area contributed by atoms with Crippen LogP contribution >= 0.6 is 0 Å². The lowest BCUT2D eigenvalue weighted by Gasteiger charge is -2.19. The number of carbonyl (C=O) groups is 1. The Morgan fingerprint density at radius 1 is 1.62 bits per heavy atom. The number of aromatic nitrogens is 1. The Morgan fingerprint density at radius 3 is 3.00 bits per heavy atom. The lowest BCUT2D eigenvalue weighted by atomic mass is 10.1. The fourth-order valence-corrected chi connectivity index (χ4v) is 1.97. The van der Waals surface area contributed by atoms with Gasteiger partial charge < -0.3 is 10.0 Å². The van der Waals surface area contributed by atoms with Gasteiger partial charge in [0.2, 0.25) is 5.91 Å². The van der Waals surface area contributed by atoms with Gasteiger partial charge in [-0.15, -0.1) is 0 Å². The minimum atomic E-state index is -0.361. The molecule has 1 amide bonds. The van der Waals surface area contributed by atoms with Crippen LogP contribution in [0.2, 0.25) is 0 Å². The van der Waals surface area contributed by atoms with Gasteiger partial charge in [0.1, 0.15) is 0 Å². The lowest BCUT2D eigenvalue weighted by Crippen LogP contribution is -2.33. The van der Waals surface area contributed by atoms with Gasteiger partial charge in [0.15, 0.2) is 0 Å². The number of nitrogens with zero attached hydrogens (tertiary/aromatic N) is 2. The Labute approximate surface area is 94.9 Å². The third kappa shape index (κ3) is 2.22. The molecule has 1 aromatic rings. The summed E-state index contributed by atoms with van der Waals surface area (Å²) in [5.41, 5.74) is 0.786. The monoisotopic (exact) mass is 220 g/mol. The van der Waals surface area contributed by atoms with Gasteiger partial charge in [0.25, 0.3) is 0 Å². The van der Waals surface area contributed by atoms with Crippen molar-refractivity contribution in [2.24, 2.45) is 0 Å². The molecule has 2 heterocycles. The van der Waals surface area contributed by atoms with Crippen LogP contribution in [0.3, 0.4) is 0 Å². The Hall–Kier alpha value is -1.42. The van der Waals surface area contributed by atoms with Crippen molar-refractivity contribution in [1.82, 2.24) is 9.88 Å². The first kappa shape index (κ1) is 11.1. The molecule has 0 radical (unpaired) electrons. The van der Waals surface area contributed by atoms with Gasteiger partial charge in [0.05, 0.1) is 17.7 Å². The molecule has 0 aliphatic carbocycles. The van der Waals surface area contributed by atoms with Gasteiger partial charge in [-0.3, -0.25) is 9.78 Å². The zero-order chi connectivity index (χ0) is 11.5.